The number of hydrogen-bond acceptors (Lipinski definition) is 6. The smallest absolute Gasteiger partial charge is 0.263 e. The lowest BCUT2D eigenvalue weighted by molar-refractivity contribution is -0.117. The molecule has 27 heavy (non-hydrogen) atoms. The zero-order chi connectivity index (χ0) is 19.6. The van der Waals surface area contributed by atoms with Crippen LogP contribution in [0.4, 0.5) is 5.69 Å². The predicted octanol–water partition coefficient (Wildman–Crippen LogP) is 2.59. The zero-order valence-electron chi connectivity index (χ0n) is 15.2. The summed E-state index contributed by atoms with van der Waals surface area (Å²) in [5.74, 6) is 0.843. The minimum atomic E-state index is -0.468. The first-order valence-electron chi connectivity index (χ1n) is 8.22. The number of rotatable bonds is 8. The fraction of sp³-hybridized carbons (Fsp3) is 0.200. The molecule has 140 valence electrons. The lowest BCUT2D eigenvalue weighted by atomic mass is 10.1. The molecule has 0 atom stereocenters. The lowest BCUT2D eigenvalue weighted by Gasteiger charge is -2.10. The molecule has 0 bridgehead atoms. The second kappa shape index (κ2) is 9.73. The molecule has 3 N–H and O–H groups in total. The number of carbonyl (C=O) groups is 1. The van der Waals surface area contributed by atoms with Crippen LogP contribution in [0.2, 0.25) is 0 Å². The Labute approximate surface area is 157 Å². The van der Waals surface area contributed by atoms with E-state index in [9.17, 15) is 15.2 Å². The highest BCUT2D eigenvalue weighted by Crippen LogP contribution is 2.29. The van der Waals surface area contributed by atoms with Gasteiger partial charge in [0.25, 0.3) is 5.91 Å². The minimum absolute atomic E-state index is 0.0458. The van der Waals surface area contributed by atoms with Crippen molar-refractivity contribution in [1.29, 1.82) is 5.26 Å². The topological polar surface area (TPSA) is 104 Å². The molecule has 0 saturated carbocycles. The molecule has 0 spiro atoms. The third kappa shape index (κ3) is 5.68. The summed E-state index contributed by atoms with van der Waals surface area (Å²) in [4.78, 5) is 12.1. The molecule has 0 aliphatic rings. The van der Waals surface area contributed by atoms with Gasteiger partial charge in [-0.15, -0.1) is 0 Å². The SMILES string of the molecule is COc1ccc(N/C=C(/C#N)C(=O)NCCc2ccc(O)cc2)cc1OC. The highest BCUT2D eigenvalue weighted by molar-refractivity contribution is 5.97. The maximum Gasteiger partial charge on any atom is 0.263 e. The van der Waals surface area contributed by atoms with Gasteiger partial charge in [0.15, 0.2) is 11.5 Å². The second-order valence-electron chi connectivity index (χ2n) is 5.56. The molecule has 0 aliphatic heterocycles. The Hall–Kier alpha value is -3.66. The lowest BCUT2D eigenvalue weighted by Crippen LogP contribution is -2.27. The number of aromatic hydroxyl groups is 1. The largest absolute Gasteiger partial charge is 0.508 e. The van der Waals surface area contributed by atoms with Gasteiger partial charge in [-0.2, -0.15) is 5.26 Å². The standard InChI is InChI=1S/C20H21N3O4/c1-26-18-8-5-16(11-19(18)27-2)23-13-15(12-21)20(25)22-10-9-14-3-6-17(24)7-4-14/h3-8,11,13,23-24H,9-10H2,1-2H3,(H,22,25)/b15-13-. The average Bonchev–Trinajstić information content (AvgIpc) is 2.69. The molecule has 0 saturated heterocycles. The number of hydrogen-bond donors (Lipinski definition) is 3. The minimum Gasteiger partial charge on any atom is -0.508 e. The molecular formula is C20H21N3O4. The molecule has 7 heteroatoms. The van der Waals surface area contributed by atoms with Gasteiger partial charge in [-0.1, -0.05) is 12.1 Å². The first-order chi connectivity index (χ1) is 13.1. The number of methoxy groups -OCH3 is 2. The number of carbonyl (C=O) groups excluding carboxylic acids is 1. The Kier molecular flexibility index (Phi) is 7.08. The average molecular weight is 367 g/mol. The third-order valence-corrected chi connectivity index (χ3v) is 3.77. The quantitative estimate of drug-likeness (QED) is 0.489. The first kappa shape index (κ1) is 19.7. The Morgan fingerprint density at radius 2 is 1.85 bits per heavy atom. The summed E-state index contributed by atoms with van der Waals surface area (Å²) >= 11 is 0. The number of nitrogens with zero attached hydrogens (tertiary/aromatic N) is 1. The van der Waals surface area contributed by atoms with E-state index >= 15 is 0 Å². The van der Waals surface area contributed by atoms with E-state index < -0.39 is 5.91 Å². The molecule has 2 rings (SSSR count). The van der Waals surface area contributed by atoms with E-state index in [-0.39, 0.29) is 11.3 Å². The summed E-state index contributed by atoms with van der Waals surface area (Å²) in [6, 6.07) is 13.8. The first-order valence-corrected chi connectivity index (χ1v) is 8.22. The van der Waals surface area contributed by atoms with Gasteiger partial charge in [0, 0.05) is 24.5 Å². The van der Waals surface area contributed by atoms with Crippen molar-refractivity contribution in [2.75, 3.05) is 26.1 Å². The molecule has 1 amide bonds. The molecule has 0 heterocycles. The van der Waals surface area contributed by atoms with E-state index in [0.29, 0.717) is 30.2 Å². The molecule has 7 nitrogen and oxygen atoms in total. The Morgan fingerprint density at radius 3 is 2.48 bits per heavy atom. The van der Waals surface area contributed by atoms with E-state index in [1.54, 1.807) is 49.6 Å². The van der Waals surface area contributed by atoms with Crippen LogP contribution >= 0.6 is 0 Å². The van der Waals surface area contributed by atoms with Gasteiger partial charge >= 0.3 is 0 Å². The molecular weight excluding hydrogens is 346 g/mol. The van der Waals surface area contributed by atoms with Gasteiger partial charge < -0.3 is 25.2 Å². The number of nitrogens with one attached hydrogen (secondary N) is 2. The summed E-state index contributed by atoms with van der Waals surface area (Å²) in [5.41, 5.74) is 1.58. The van der Waals surface area contributed by atoms with Gasteiger partial charge in [-0.3, -0.25) is 4.79 Å². The van der Waals surface area contributed by atoms with E-state index in [2.05, 4.69) is 10.6 Å². The molecule has 2 aromatic rings. The van der Waals surface area contributed by atoms with Crippen molar-refractivity contribution in [3.8, 4) is 23.3 Å². The molecule has 2 aromatic carbocycles. The number of benzene rings is 2. The van der Waals surface area contributed by atoms with Crippen molar-refractivity contribution in [2.45, 2.75) is 6.42 Å². The van der Waals surface area contributed by atoms with E-state index in [0.717, 1.165) is 5.56 Å². The van der Waals surface area contributed by atoms with E-state index in [1.807, 2.05) is 6.07 Å². The van der Waals surface area contributed by atoms with E-state index in [4.69, 9.17) is 9.47 Å². The van der Waals surface area contributed by atoms with Gasteiger partial charge in [-0.25, -0.2) is 0 Å². The number of ether oxygens (including phenoxy) is 2. The monoisotopic (exact) mass is 367 g/mol. The van der Waals surface area contributed by atoms with Crippen LogP contribution in [-0.2, 0) is 11.2 Å². The number of anilines is 1. The van der Waals surface area contributed by atoms with Crippen LogP contribution in [-0.4, -0.2) is 31.8 Å². The molecule has 0 aliphatic carbocycles. The van der Waals surface area contributed by atoms with Crippen molar-refractivity contribution < 1.29 is 19.4 Å². The summed E-state index contributed by atoms with van der Waals surface area (Å²) in [5, 5.41) is 24.1. The fourth-order valence-electron chi connectivity index (χ4n) is 2.31. The van der Waals surface area contributed by atoms with Crippen molar-refractivity contribution >= 4 is 11.6 Å². The van der Waals surface area contributed by atoms with E-state index in [1.165, 1.54) is 13.3 Å². The molecule has 0 unspecified atom stereocenters. The van der Waals surface area contributed by atoms with Crippen LogP contribution in [0.5, 0.6) is 17.2 Å². The number of amides is 1. The van der Waals surface area contributed by atoms with Crippen LogP contribution in [0.25, 0.3) is 0 Å². The summed E-state index contributed by atoms with van der Waals surface area (Å²) < 4.78 is 10.4. The van der Waals surface area contributed by atoms with Crippen LogP contribution in [0, 0.1) is 11.3 Å². The Balaban J connectivity index is 1.93. The van der Waals surface area contributed by atoms with Crippen molar-refractivity contribution in [1.82, 2.24) is 5.32 Å². The predicted molar refractivity (Wildman–Crippen MR) is 102 cm³/mol. The van der Waals surface area contributed by atoms with Crippen LogP contribution < -0.4 is 20.1 Å². The highest BCUT2D eigenvalue weighted by Gasteiger charge is 2.09. The van der Waals surface area contributed by atoms with Crippen LogP contribution in [0.15, 0.2) is 54.2 Å². The highest BCUT2D eigenvalue weighted by atomic mass is 16.5. The maximum atomic E-state index is 12.1. The van der Waals surface area contributed by atoms with Crippen molar-refractivity contribution in [2.24, 2.45) is 0 Å². The van der Waals surface area contributed by atoms with Gasteiger partial charge in [0.1, 0.15) is 17.4 Å². The summed E-state index contributed by atoms with van der Waals surface area (Å²) in [7, 11) is 3.07. The van der Waals surface area contributed by atoms with Crippen LogP contribution in [0.1, 0.15) is 5.56 Å². The van der Waals surface area contributed by atoms with Gasteiger partial charge in [0.2, 0.25) is 0 Å². The molecule has 0 radical (unpaired) electrons. The number of phenols is 1. The molecule has 0 aromatic heterocycles. The Morgan fingerprint density at radius 1 is 1.15 bits per heavy atom. The molecule has 0 fully saturated rings. The van der Waals surface area contributed by atoms with Crippen LogP contribution in [0.3, 0.4) is 0 Å². The second-order valence-corrected chi connectivity index (χ2v) is 5.56. The zero-order valence-corrected chi connectivity index (χ0v) is 15.2. The summed E-state index contributed by atoms with van der Waals surface area (Å²) in [6.07, 6.45) is 1.94. The van der Waals surface area contributed by atoms with Crippen molar-refractivity contribution in [3.63, 3.8) is 0 Å². The summed E-state index contributed by atoms with van der Waals surface area (Å²) in [6.45, 7) is 0.374. The Bertz CT molecular complexity index is 855. The number of phenolic OH excluding ortho intramolecular Hbond substituents is 1. The normalized spacial score (nSPS) is 10.6. The fourth-order valence-corrected chi connectivity index (χ4v) is 2.31. The van der Waals surface area contributed by atoms with Gasteiger partial charge in [0.05, 0.1) is 14.2 Å². The van der Waals surface area contributed by atoms with Gasteiger partial charge in [-0.05, 0) is 36.2 Å². The van der Waals surface area contributed by atoms with Crippen molar-refractivity contribution in [3.05, 3.63) is 59.8 Å². The third-order valence-electron chi connectivity index (χ3n) is 3.77. The maximum absolute atomic E-state index is 12.1. The number of nitriles is 1.